The van der Waals surface area contributed by atoms with Gasteiger partial charge in [-0.1, -0.05) is 37.1 Å². The third kappa shape index (κ3) is 3.82. The maximum atomic E-state index is 16.1. The summed E-state index contributed by atoms with van der Waals surface area (Å²) in [4.78, 5) is 15.1. The van der Waals surface area contributed by atoms with E-state index < -0.39 is 17.2 Å². The van der Waals surface area contributed by atoms with E-state index in [-0.39, 0.29) is 22.8 Å². The summed E-state index contributed by atoms with van der Waals surface area (Å²) >= 11 is 0. The molecule has 5 rings (SSSR count). The first-order valence-electron chi connectivity index (χ1n) is 11.4. The van der Waals surface area contributed by atoms with Crippen molar-refractivity contribution >= 4 is 27.5 Å². The Bertz CT molecular complexity index is 1500. The number of β-amino-alcohol motifs (C(OH)–C–C–N with tert-alkyl or cyclic N) is 1. The molecule has 2 aromatic carbocycles. The molecule has 8 heteroatoms. The predicted octanol–water partition coefficient (Wildman–Crippen LogP) is 4.85. The zero-order valence-corrected chi connectivity index (χ0v) is 19.5. The maximum Gasteiger partial charge on any atom is 0.318 e. The summed E-state index contributed by atoms with van der Waals surface area (Å²) in [7, 11) is 1.41. The van der Waals surface area contributed by atoms with Crippen molar-refractivity contribution in [3.8, 4) is 29.6 Å². The number of piperidine rings is 1. The molecule has 1 N–H and O–H groups in total. The monoisotopic (exact) mass is 474 g/mol. The van der Waals surface area contributed by atoms with Crippen LogP contribution in [0.3, 0.4) is 0 Å². The van der Waals surface area contributed by atoms with Crippen molar-refractivity contribution in [1.82, 2.24) is 15.0 Å². The van der Waals surface area contributed by atoms with Gasteiger partial charge >= 0.3 is 6.01 Å². The van der Waals surface area contributed by atoms with Crippen LogP contribution in [0.5, 0.6) is 6.01 Å². The minimum Gasteiger partial charge on any atom is -0.467 e. The van der Waals surface area contributed by atoms with E-state index >= 15 is 4.39 Å². The molecule has 3 heterocycles. The number of methoxy groups -OCH3 is 1. The lowest BCUT2D eigenvalue weighted by Crippen LogP contribution is -2.48. The van der Waals surface area contributed by atoms with Crippen molar-refractivity contribution in [3.05, 3.63) is 53.7 Å². The van der Waals surface area contributed by atoms with Gasteiger partial charge in [0.2, 0.25) is 0 Å². The fraction of sp³-hybridized carbons (Fsp3) is 0.296. The van der Waals surface area contributed by atoms with E-state index in [2.05, 4.69) is 20.9 Å². The van der Waals surface area contributed by atoms with Gasteiger partial charge in [-0.15, -0.1) is 6.42 Å². The van der Waals surface area contributed by atoms with Gasteiger partial charge in [0, 0.05) is 30.2 Å². The summed E-state index contributed by atoms with van der Waals surface area (Å²) in [5, 5.41) is 12.4. The summed E-state index contributed by atoms with van der Waals surface area (Å²) in [6.07, 6.45) is 9.15. The van der Waals surface area contributed by atoms with Crippen LogP contribution in [0.4, 0.5) is 14.6 Å². The minimum absolute atomic E-state index is 0.000565. The highest BCUT2D eigenvalue weighted by molar-refractivity contribution is 6.02. The Labute approximate surface area is 201 Å². The molecule has 1 aliphatic rings. The molecule has 0 spiro atoms. The second kappa shape index (κ2) is 8.75. The molecular weight excluding hydrogens is 450 g/mol. The molecule has 0 aliphatic carbocycles. The maximum absolute atomic E-state index is 16.1. The number of aliphatic hydroxyl groups is 1. The largest absolute Gasteiger partial charge is 0.467 e. The third-order valence-electron chi connectivity index (χ3n) is 6.73. The Hall–Kier alpha value is -3.83. The van der Waals surface area contributed by atoms with Crippen LogP contribution in [0.2, 0.25) is 0 Å². The smallest absolute Gasteiger partial charge is 0.318 e. The van der Waals surface area contributed by atoms with Crippen LogP contribution < -0.4 is 9.64 Å². The van der Waals surface area contributed by atoms with Crippen molar-refractivity contribution in [3.63, 3.8) is 0 Å². The van der Waals surface area contributed by atoms with Crippen LogP contribution in [-0.2, 0) is 0 Å². The van der Waals surface area contributed by atoms with Crippen LogP contribution >= 0.6 is 0 Å². The number of ether oxygens (including phenoxy) is 1. The number of benzene rings is 2. The molecule has 1 unspecified atom stereocenters. The van der Waals surface area contributed by atoms with Crippen molar-refractivity contribution < 1.29 is 18.6 Å². The van der Waals surface area contributed by atoms with Gasteiger partial charge in [0.25, 0.3) is 0 Å². The quantitative estimate of drug-likeness (QED) is 0.426. The minimum atomic E-state index is -0.854. The van der Waals surface area contributed by atoms with Crippen LogP contribution in [0, 0.1) is 24.0 Å². The molecule has 1 aliphatic heterocycles. The van der Waals surface area contributed by atoms with Gasteiger partial charge in [-0.25, -0.2) is 8.78 Å². The number of nitrogens with zero attached hydrogens (tertiary/aromatic N) is 4. The number of aromatic nitrogens is 3. The molecule has 35 heavy (non-hydrogen) atoms. The first kappa shape index (κ1) is 22.9. The van der Waals surface area contributed by atoms with Gasteiger partial charge in [-0.2, -0.15) is 9.97 Å². The van der Waals surface area contributed by atoms with E-state index in [1.54, 1.807) is 24.3 Å². The number of hydrogen-bond donors (Lipinski definition) is 1. The van der Waals surface area contributed by atoms with Gasteiger partial charge in [0.05, 0.1) is 23.7 Å². The number of halogens is 2. The zero-order chi connectivity index (χ0) is 24.7. The number of pyridine rings is 1. The zero-order valence-electron chi connectivity index (χ0n) is 19.5. The van der Waals surface area contributed by atoms with Crippen LogP contribution in [0.1, 0.15) is 31.7 Å². The lowest BCUT2D eigenvalue weighted by molar-refractivity contribution is 0.0221. The molecule has 0 bridgehead atoms. The van der Waals surface area contributed by atoms with E-state index in [1.165, 1.54) is 19.4 Å². The first-order valence-corrected chi connectivity index (χ1v) is 11.4. The lowest BCUT2D eigenvalue weighted by Gasteiger charge is -2.39. The van der Waals surface area contributed by atoms with Crippen molar-refractivity contribution in [2.24, 2.45) is 0 Å². The fourth-order valence-corrected chi connectivity index (χ4v) is 4.82. The predicted molar refractivity (Wildman–Crippen MR) is 131 cm³/mol. The van der Waals surface area contributed by atoms with E-state index in [4.69, 9.17) is 11.2 Å². The van der Waals surface area contributed by atoms with Gasteiger partial charge < -0.3 is 14.7 Å². The van der Waals surface area contributed by atoms with E-state index in [1.807, 2.05) is 11.8 Å². The van der Waals surface area contributed by atoms with Gasteiger partial charge in [-0.3, -0.25) is 4.98 Å². The Balaban J connectivity index is 1.74. The standard InChI is InChI=1S/C27H24F2N4O2/c1-4-17-20(28)11-10-16-8-6-9-18(21(16)17)23-22(29)24-19(14-30-23)25(32-26(31-24)35-3)33-13-7-12-27(34,5-2)15-33/h1,6,8-11,14,34H,5,7,12-13,15H2,2-3H3. The Morgan fingerprint density at radius 1 is 1.23 bits per heavy atom. The molecular formula is C27H24F2N4O2. The lowest BCUT2D eigenvalue weighted by atomic mass is 9.90. The fourth-order valence-electron chi connectivity index (χ4n) is 4.82. The van der Waals surface area contributed by atoms with E-state index in [0.29, 0.717) is 53.5 Å². The molecule has 0 amide bonds. The third-order valence-corrected chi connectivity index (χ3v) is 6.73. The number of terminal acetylenes is 1. The highest BCUT2D eigenvalue weighted by Gasteiger charge is 2.33. The summed E-state index contributed by atoms with van der Waals surface area (Å²) in [6, 6.07) is 8.08. The Morgan fingerprint density at radius 3 is 2.80 bits per heavy atom. The highest BCUT2D eigenvalue weighted by atomic mass is 19.1. The summed E-state index contributed by atoms with van der Waals surface area (Å²) in [5.74, 6) is 1.59. The first-order chi connectivity index (χ1) is 16.9. The van der Waals surface area contributed by atoms with Crippen molar-refractivity contribution in [2.45, 2.75) is 31.8 Å². The van der Waals surface area contributed by atoms with E-state index in [9.17, 15) is 9.50 Å². The van der Waals surface area contributed by atoms with E-state index in [0.717, 1.165) is 6.42 Å². The van der Waals surface area contributed by atoms with Crippen molar-refractivity contribution in [1.29, 1.82) is 0 Å². The second-order valence-electron chi connectivity index (χ2n) is 8.79. The molecule has 1 atom stereocenters. The van der Waals surface area contributed by atoms with Crippen LogP contribution in [-0.4, -0.2) is 45.9 Å². The molecule has 6 nitrogen and oxygen atoms in total. The molecule has 0 saturated carbocycles. The Morgan fingerprint density at radius 2 is 2.06 bits per heavy atom. The van der Waals surface area contributed by atoms with Gasteiger partial charge in [0.15, 0.2) is 5.82 Å². The number of fused-ring (bicyclic) bond motifs is 2. The Kier molecular flexibility index (Phi) is 5.73. The molecule has 1 saturated heterocycles. The summed E-state index contributed by atoms with van der Waals surface area (Å²) in [5.41, 5.74) is -0.411. The molecule has 1 fully saturated rings. The van der Waals surface area contributed by atoms with Crippen LogP contribution in [0.15, 0.2) is 36.5 Å². The van der Waals surface area contributed by atoms with Gasteiger partial charge in [0.1, 0.15) is 22.8 Å². The summed E-state index contributed by atoms with van der Waals surface area (Å²) in [6.45, 7) is 2.94. The topological polar surface area (TPSA) is 71.4 Å². The molecule has 178 valence electrons. The average Bonchev–Trinajstić information content (AvgIpc) is 2.88. The average molecular weight is 475 g/mol. The molecule has 0 radical (unpaired) electrons. The van der Waals surface area contributed by atoms with Gasteiger partial charge in [-0.05, 0) is 30.7 Å². The normalized spacial score (nSPS) is 18.1. The van der Waals surface area contributed by atoms with Crippen LogP contribution in [0.25, 0.3) is 32.9 Å². The second-order valence-corrected chi connectivity index (χ2v) is 8.79. The molecule has 4 aromatic rings. The number of hydrogen-bond acceptors (Lipinski definition) is 6. The SMILES string of the molecule is C#Cc1c(F)ccc2cccc(-c3ncc4c(N5CCCC(O)(CC)C5)nc(OC)nc4c3F)c12. The highest BCUT2D eigenvalue weighted by Crippen LogP contribution is 2.37. The summed E-state index contributed by atoms with van der Waals surface area (Å²) < 4.78 is 35.9. The molecule has 2 aromatic heterocycles. The number of anilines is 1. The van der Waals surface area contributed by atoms with Crippen molar-refractivity contribution in [2.75, 3.05) is 25.1 Å². The number of rotatable bonds is 4.